The molecule has 1 unspecified atom stereocenters. The van der Waals surface area contributed by atoms with E-state index in [2.05, 4.69) is 67.3 Å². The molecule has 0 spiro atoms. The van der Waals surface area contributed by atoms with Crippen LogP contribution in [0.15, 0.2) is 48.5 Å². The normalized spacial score (nSPS) is 18.2. The molecule has 0 aromatic heterocycles. The molecule has 29 heavy (non-hydrogen) atoms. The summed E-state index contributed by atoms with van der Waals surface area (Å²) in [7, 11) is -1.09. The Morgan fingerprint density at radius 2 is 1.59 bits per heavy atom. The Morgan fingerprint density at radius 3 is 2.07 bits per heavy atom. The monoisotopic (exact) mass is 435 g/mol. The van der Waals surface area contributed by atoms with Gasteiger partial charge in [0.25, 0.3) is 0 Å². The zero-order valence-corrected chi connectivity index (χ0v) is 18.7. The van der Waals surface area contributed by atoms with E-state index in [9.17, 15) is 14.1 Å². The number of nitrogens with zero attached hydrogens (tertiary/aromatic N) is 1. The van der Waals surface area contributed by atoms with E-state index >= 15 is 0 Å². The number of piperidine rings is 1. The first-order valence-corrected chi connectivity index (χ1v) is 11.3. The molecular formula is C23H30ClNO3S. The Kier molecular flexibility index (Phi) is 8.87. The molecule has 2 atom stereocenters. The predicted octanol–water partition coefficient (Wildman–Crippen LogP) is 4.36. The average Bonchev–Trinajstić information content (AvgIpc) is 2.69. The molecule has 1 saturated heterocycles. The van der Waals surface area contributed by atoms with E-state index in [1.807, 2.05) is 0 Å². The summed E-state index contributed by atoms with van der Waals surface area (Å²) in [6.07, 6.45) is 1.63. The molecule has 2 aromatic rings. The topological polar surface area (TPSA) is 57.6 Å². The first-order chi connectivity index (χ1) is 13.4. The molecule has 1 aliphatic rings. The maximum absolute atomic E-state index is 13.3. The molecule has 0 bridgehead atoms. The van der Waals surface area contributed by atoms with Crippen molar-refractivity contribution in [1.29, 1.82) is 0 Å². The smallest absolute Gasteiger partial charge is 0.307 e. The van der Waals surface area contributed by atoms with Crippen molar-refractivity contribution < 1.29 is 14.1 Å². The van der Waals surface area contributed by atoms with Gasteiger partial charge < -0.3 is 10.0 Å². The van der Waals surface area contributed by atoms with Crippen LogP contribution in [-0.4, -0.2) is 45.6 Å². The molecule has 1 N–H and O–H groups in total. The van der Waals surface area contributed by atoms with Crippen LogP contribution in [0.5, 0.6) is 0 Å². The fourth-order valence-electron chi connectivity index (χ4n) is 3.78. The van der Waals surface area contributed by atoms with Crippen LogP contribution in [0.1, 0.15) is 40.3 Å². The van der Waals surface area contributed by atoms with Crippen molar-refractivity contribution in [3.05, 3.63) is 70.8 Å². The number of halogens is 1. The van der Waals surface area contributed by atoms with Crippen molar-refractivity contribution in [2.24, 2.45) is 5.92 Å². The highest BCUT2D eigenvalue weighted by atomic mass is 35.5. The van der Waals surface area contributed by atoms with Crippen molar-refractivity contribution in [2.75, 3.05) is 25.4 Å². The summed E-state index contributed by atoms with van der Waals surface area (Å²) < 4.78 is 13.3. The van der Waals surface area contributed by atoms with Crippen molar-refractivity contribution in [3.8, 4) is 0 Å². The summed E-state index contributed by atoms with van der Waals surface area (Å²) in [5, 5.41) is 9.11. The first kappa shape index (κ1) is 23.6. The summed E-state index contributed by atoms with van der Waals surface area (Å²) in [5.41, 5.74) is 4.50. The van der Waals surface area contributed by atoms with E-state index in [-0.39, 0.29) is 23.6 Å². The molecule has 4 nitrogen and oxygen atoms in total. The zero-order chi connectivity index (χ0) is 20.1. The highest BCUT2D eigenvalue weighted by Gasteiger charge is 2.27. The van der Waals surface area contributed by atoms with Crippen molar-refractivity contribution in [1.82, 2.24) is 4.90 Å². The molecule has 6 heteroatoms. The van der Waals surface area contributed by atoms with Gasteiger partial charge in [0.05, 0.1) is 11.2 Å². The largest absolute Gasteiger partial charge is 0.481 e. The van der Waals surface area contributed by atoms with E-state index in [4.69, 9.17) is 0 Å². The highest BCUT2D eigenvalue weighted by molar-refractivity contribution is 7.85. The summed E-state index contributed by atoms with van der Waals surface area (Å²) in [4.78, 5) is 13.4. The van der Waals surface area contributed by atoms with E-state index < -0.39 is 16.8 Å². The minimum atomic E-state index is -1.09. The quantitative estimate of drug-likeness (QED) is 0.701. The second-order valence-corrected chi connectivity index (χ2v) is 9.41. The maximum Gasteiger partial charge on any atom is 0.307 e. The number of aliphatic carboxylic acids is 1. The maximum atomic E-state index is 13.3. The van der Waals surface area contributed by atoms with E-state index in [1.165, 1.54) is 11.1 Å². The summed E-state index contributed by atoms with van der Waals surface area (Å²) >= 11 is 0. The van der Waals surface area contributed by atoms with Crippen LogP contribution in [0.3, 0.4) is 0 Å². The van der Waals surface area contributed by atoms with Gasteiger partial charge in [0.1, 0.15) is 0 Å². The SMILES string of the molecule is Cc1ccc(C(c2ccc(C)cc2)S(=O)CCN2CCC[C@@H](C(=O)O)C2)cc1.Cl. The fraction of sp³-hybridized carbons (Fsp3) is 0.435. The Balaban J connectivity index is 0.00000300. The molecule has 158 valence electrons. The lowest BCUT2D eigenvalue weighted by atomic mass is 9.98. The van der Waals surface area contributed by atoms with E-state index in [0.29, 0.717) is 18.8 Å². The van der Waals surface area contributed by atoms with Gasteiger partial charge in [0.15, 0.2) is 0 Å². The van der Waals surface area contributed by atoms with Crippen LogP contribution in [0.2, 0.25) is 0 Å². The molecule has 0 radical (unpaired) electrons. The van der Waals surface area contributed by atoms with Crippen LogP contribution >= 0.6 is 12.4 Å². The van der Waals surface area contributed by atoms with Gasteiger partial charge in [-0.15, -0.1) is 12.4 Å². The van der Waals surface area contributed by atoms with Crippen LogP contribution in [-0.2, 0) is 15.6 Å². The number of hydrogen-bond acceptors (Lipinski definition) is 3. The van der Waals surface area contributed by atoms with Gasteiger partial charge in [-0.1, -0.05) is 59.7 Å². The number of aryl methyl sites for hydroxylation is 2. The van der Waals surface area contributed by atoms with Gasteiger partial charge in [-0.3, -0.25) is 9.00 Å². The molecule has 0 aliphatic carbocycles. The molecule has 3 rings (SSSR count). The van der Waals surface area contributed by atoms with E-state index in [1.54, 1.807) is 0 Å². The second-order valence-electron chi connectivity index (χ2n) is 7.76. The number of carboxylic acids is 1. The summed E-state index contributed by atoms with van der Waals surface area (Å²) in [5.74, 6) is -0.478. The molecule has 0 amide bonds. The van der Waals surface area contributed by atoms with Crippen LogP contribution < -0.4 is 0 Å². The highest BCUT2D eigenvalue weighted by Crippen LogP contribution is 2.29. The minimum absolute atomic E-state index is 0. The zero-order valence-electron chi connectivity index (χ0n) is 17.0. The number of carboxylic acid groups (broad SMARTS) is 1. The predicted molar refractivity (Wildman–Crippen MR) is 121 cm³/mol. The van der Waals surface area contributed by atoms with Crippen molar-refractivity contribution in [2.45, 2.75) is 31.9 Å². The third-order valence-corrected chi connectivity index (χ3v) is 7.14. The van der Waals surface area contributed by atoms with Gasteiger partial charge in [-0.2, -0.15) is 0 Å². The lowest BCUT2D eigenvalue weighted by Crippen LogP contribution is -2.40. The molecule has 2 aromatic carbocycles. The number of rotatable bonds is 7. The average molecular weight is 436 g/mol. The number of hydrogen-bond donors (Lipinski definition) is 1. The van der Waals surface area contributed by atoms with Gasteiger partial charge in [0.2, 0.25) is 0 Å². The Hall–Kier alpha value is -1.69. The standard InChI is InChI=1S/C23H29NO3S.ClH/c1-17-5-9-19(10-6-17)22(20-11-7-18(2)8-12-20)28(27)15-14-24-13-3-4-21(16-24)23(25)26;/h5-12,21-22H,3-4,13-16H2,1-2H3,(H,25,26);1H/t21-,28?;/m1./s1. The van der Waals surface area contributed by atoms with Gasteiger partial charge in [0, 0.05) is 29.6 Å². The van der Waals surface area contributed by atoms with E-state index in [0.717, 1.165) is 30.5 Å². The lowest BCUT2D eigenvalue weighted by Gasteiger charge is -2.30. The first-order valence-electron chi connectivity index (χ1n) is 9.89. The molecule has 1 aliphatic heterocycles. The Morgan fingerprint density at radius 1 is 1.07 bits per heavy atom. The van der Waals surface area contributed by atoms with Crippen molar-refractivity contribution >= 4 is 29.2 Å². The minimum Gasteiger partial charge on any atom is -0.481 e. The van der Waals surface area contributed by atoms with Gasteiger partial charge >= 0.3 is 5.97 Å². The molecule has 1 heterocycles. The number of benzene rings is 2. The molecular weight excluding hydrogens is 406 g/mol. The summed E-state index contributed by atoms with van der Waals surface area (Å²) in [6, 6.07) is 16.5. The number of likely N-dealkylation sites (tertiary alicyclic amines) is 1. The van der Waals surface area contributed by atoms with Crippen LogP contribution in [0.25, 0.3) is 0 Å². The Labute approximate surface area is 182 Å². The molecule has 1 fully saturated rings. The molecule has 0 saturated carbocycles. The second kappa shape index (κ2) is 10.9. The van der Waals surface area contributed by atoms with Gasteiger partial charge in [-0.05, 0) is 44.4 Å². The number of carbonyl (C=O) groups is 1. The van der Waals surface area contributed by atoms with Crippen LogP contribution in [0.4, 0.5) is 0 Å². The van der Waals surface area contributed by atoms with Crippen LogP contribution in [0, 0.1) is 19.8 Å². The van der Waals surface area contributed by atoms with Crippen molar-refractivity contribution in [3.63, 3.8) is 0 Å². The third-order valence-electron chi connectivity index (χ3n) is 5.49. The van der Waals surface area contributed by atoms with Gasteiger partial charge in [-0.25, -0.2) is 0 Å². The fourth-order valence-corrected chi connectivity index (χ4v) is 5.37. The third kappa shape index (κ3) is 6.39. The lowest BCUT2D eigenvalue weighted by molar-refractivity contribution is -0.143. The Bertz CT molecular complexity index is 778. The summed E-state index contributed by atoms with van der Waals surface area (Å²) in [6.45, 7) is 6.23.